The van der Waals surface area contributed by atoms with Crippen molar-refractivity contribution in [2.75, 3.05) is 13.7 Å². The van der Waals surface area contributed by atoms with Crippen molar-refractivity contribution in [1.82, 2.24) is 16.0 Å². The zero-order chi connectivity index (χ0) is 14.5. The van der Waals surface area contributed by atoms with Gasteiger partial charge in [0.1, 0.15) is 0 Å². The zero-order valence-corrected chi connectivity index (χ0v) is 12.1. The molecule has 2 rings (SSSR count). The van der Waals surface area contributed by atoms with Gasteiger partial charge in [0.25, 0.3) is 0 Å². The summed E-state index contributed by atoms with van der Waals surface area (Å²) in [5.41, 5.74) is 1.35. The summed E-state index contributed by atoms with van der Waals surface area (Å²) in [5.74, 6) is -0.126. The Balaban J connectivity index is 2.04. The molecule has 6 heteroatoms. The van der Waals surface area contributed by atoms with Crippen molar-refractivity contribution in [3.8, 4) is 0 Å². The predicted octanol–water partition coefficient (Wildman–Crippen LogP) is 1.04. The highest BCUT2D eigenvalue weighted by atomic mass is 16.5. The predicted molar refractivity (Wildman–Crippen MR) is 75.0 cm³/mol. The van der Waals surface area contributed by atoms with Crippen LogP contribution in [0, 0.1) is 0 Å². The lowest BCUT2D eigenvalue weighted by atomic mass is 9.91. The topological polar surface area (TPSA) is 79.5 Å². The van der Waals surface area contributed by atoms with E-state index in [0.29, 0.717) is 42.8 Å². The van der Waals surface area contributed by atoms with Crippen LogP contribution in [0.25, 0.3) is 0 Å². The molecule has 2 amide bonds. The highest BCUT2D eigenvalue weighted by Crippen LogP contribution is 2.27. The molecule has 0 aromatic heterocycles. The van der Waals surface area contributed by atoms with E-state index in [-0.39, 0.29) is 5.91 Å². The van der Waals surface area contributed by atoms with E-state index in [1.165, 1.54) is 12.8 Å². The Hall–Kier alpha value is -1.56. The van der Waals surface area contributed by atoms with E-state index in [1.54, 1.807) is 14.0 Å². The maximum Gasteiger partial charge on any atom is 0.411 e. The average Bonchev–Trinajstić information content (AvgIpc) is 3.24. The summed E-state index contributed by atoms with van der Waals surface area (Å²) in [6, 6.07) is 0.938. The van der Waals surface area contributed by atoms with Crippen molar-refractivity contribution in [3.05, 3.63) is 11.3 Å². The molecule has 0 spiro atoms. The van der Waals surface area contributed by atoms with Gasteiger partial charge in [-0.15, -0.1) is 0 Å². The van der Waals surface area contributed by atoms with Crippen LogP contribution < -0.4 is 16.0 Å². The van der Waals surface area contributed by atoms with Gasteiger partial charge in [-0.1, -0.05) is 0 Å². The van der Waals surface area contributed by atoms with E-state index in [1.807, 2.05) is 0 Å². The van der Waals surface area contributed by atoms with E-state index in [9.17, 15) is 9.59 Å². The van der Waals surface area contributed by atoms with E-state index < -0.39 is 6.09 Å². The Morgan fingerprint density at radius 1 is 1.25 bits per heavy atom. The highest BCUT2D eigenvalue weighted by molar-refractivity contribution is 5.94. The van der Waals surface area contributed by atoms with E-state index in [0.717, 1.165) is 6.42 Å². The van der Waals surface area contributed by atoms with Gasteiger partial charge in [-0.3, -0.25) is 10.1 Å². The third-order valence-corrected chi connectivity index (χ3v) is 3.64. The van der Waals surface area contributed by atoms with Crippen LogP contribution in [0.2, 0.25) is 0 Å². The van der Waals surface area contributed by atoms with Crippen molar-refractivity contribution in [3.63, 3.8) is 0 Å². The molecule has 2 aliphatic rings. The second-order valence-electron chi connectivity index (χ2n) is 5.26. The standard InChI is InChI=1S/C14H23N3O3/c1-3-20-14(19)17-12-7-6-10(16-9-4-5-9)8-11(12)13(18)15-2/h9-10,16H,3-8H2,1-2H3,(H,15,18)(H,17,19). The van der Waals surface area contributed by atoms with Crippen LogP contribution in [0.15, 0.2) is 11.3 Å². The van der Waals surface area contributed by atoms with Crippen LogP contribution in [0.4, 0.5) is 4.79 Å². The largest absolute Gasteiger partial charge is 0.450 e. The molecular formula is C14H23N3O3. The third kappa shape index (κ3) is 3.96. The Kier molecular flexibility index (Phi) is 5.00. The summed E-state index contributed by atoms with van der Waals surface area (Å²) < 4.78 is 4.88. The van der Waals surface area contributed by atoms with E-state index >= 15 is 0 Å². The number of hydrogen-bond acceptors (Lipinski definition) is 4. The van der Waals surface area contributed by atoms with Crippen molar-refractivity contribution < 1.29 is 14.3 Å². The second kappa shape index (κ2) is 6.74. The zero-order valence-electron chi connectivity index (χ0n) is 12.1. The van der Waals surface area contributed by atoms with Crippen molar-refractivity contribution in [2.45, 2.75) is 51.1 Å². The molecule has 1 saturated carbocycles. The van der Waals surface area contributed by atoms with Crippen LogP contribution >= 0.6 is 0 Å². The van der Waals surface area contributed by atoms with Gasteiger partial charge in [0.2, 0.25) is 5.91 Å². The molecule has 3 N–H and O–H groups in total. The van der Waals surface area contributed by atoms with Crippen LogP contribution in [-0.2, 0) is 9.53 Å². The lowest BCUT2D eigenvalue weighted by Crippen LogP contribution is -2.39. The minimum atomic E-state index is -0.488. The number of allylic oxidation sites excluding steroid dienone is 1. The summed E-state index contributed by atoms with van der Waals surface area (Å²) in [6.07, 6.45) is 4.23. The molecular weight excluding hydrogens is 258 g/mol. The fraction of sp³-hybridized carbons (Fsp3) is 0.714. The third-order valence-electron chi connectivity index (χ3n) is 3.64. The maximum atomic E-state index is 12.0. The molecule has 1 atom stereocenters. The molecule has 0 bridgehead atoms. The summed E-state index contributed by atoms with van der Waals surface area (Å²) in [5, 5.41) is 8.89. The molecule has 0 aromatic carbocycles. The Morgan fingerprint density at radius 3 is 2.60 bits per heavy atom. The summed E-state index contributed by atoms with van der Waals surface area (Å²) in [4.78, 5) is 23.5. The normalized spacial score (nSPS) is 22.4. The fourth-order valence-electron chi connectivity index (χ4n) is 2.48. The lowest BCUT2D eigenvalue weighted by molar-refractivity contribution is -0.117. The molecule has 0 saturated heterocycles. The van der Waals surface area contributed by atoms with Crippen LogP contribution in [0.5, 0.6) is 0 Å². The number of alkyl carbamates (subject to hydrolysis) is 1. The number of carbonyl (C=O) groups is 2. The summed E-state index contributed by atoms with van der Waals surface area (Å²) in [6.45, 7) is 2.07. The van der Waals surface area contributed by atoms with Gasteiger partial charge in [0.15, 0.2) is 0 Å². The van der Waals surface area contributed by atoms with Gasteiger partial charge in [-0.2, -0.15) is 0 Å². The Morgan fingerprint density at radius 2 is 2.00 bits per heavy atom. The van der Waals surface area contributed by atoms with Crippen LogP contribution in [0.3, 0.4) is 0 Å². The van der Waals surface area contributed by atoms with E-state index in [2.05, 4.69) is 16.0 Å². The molecule has 0 radical (unpaired) electrons. The van der Waals surface area contributed by atoms with Gasteiger partial charge >= 0.3 is 6.09 Å². The van der Waals surface area contributed by atoms with Crippen molar-refractivity contribution in [2.24, 2.45) is 0 Å². The molecule has 0 aliphatic heterocycles. The molecule has 0 heterocycles. The first-order valence-electron chi connectivity index (χ1n) is 7.28. The molecule has 0 aromatic rings. The van der Waals surface area contributed by atoms with Crippen LogP contribution in [0.1, 0.15) is 39.0 Å². The number of rotatable bonds is 5. The number of likely N-dealkylation sites (N-methyl/N-ethyl adjacent to an activating group) is 1. The Labute approximate surface area is 119 Å². The molecule has 20 heavy (non-hydrogen) atoms. The monoisotopic (exact) mass is 281 g/mol. The molecule has 1 unspecified atom stereocenters. The minimum absolute atomic E-state index is 0.126. The average molecular weight is 281 g/mol. The fourth-order valence-corrected chi connectivity index (χ4v) is 2.48. The molecule has 112 valence electrons. The van der Waals surface area contributed by atoms with Gasteiger partial charge in [0.05, 0.1) is 6.61 Å². The first kappa shape index (κ1) is 14.8. The Bertz CT molecular complexity index is 416. The first-order chi connectivity index (χ1) is 9.63. The summed E-state index contributed by atoms with van der Waals surface area (Å²) >= 11 is 0. The number of ether oxygens (including phenoxy) is 1. The SMILES string of the molecule is CCOC(=O)NC1=C(C(=O)NC)CC(NC2CC2)CC1. The van der Waals surface area contributed by atoms with Gasteiger partial charge in [0, 0.05) is 30.4 Å². The lowest BCUT2D eigenvalue weighted by Gasteiger charge is -2.27. The molecule has 1 fully saturated rings. The molecule has 2 aliphatic carbocycles. The number of hydrogen-bond donors (Lipinski definition) is 3. The second-order valence-corrected chi connectivity index (χ2v) is 5.26. The van der Waals surface area contributed by atoms with Gasteiger partial charge < -0.3 is 15.4 Å². The van der Waals surface area contributed by atoms with Crippen LogP contribution in [-0.4, -0.2) is 37.7 Å². The van der Waals surface area contributed by atoms with Crippen molar-refractivity contribution >= 4 is 12.0 Å². The molecule has 6 nitrogen and oxygen atoms in total. The number of amides is 2. The van der Waals surface area contributed by atoms with Gasteiger partial charge in [-0.25, -0.2) is 4.79 Å². The minimum Gasteiger partial charge on any atom is -0.450 e. The highest BCUT2D eigenvalue weighted by Gasteiger charge is 2.30. The quantitative estimate of drug-likeness (QED) is 0.703. The number of nitrogens with one attached hydrogen (secondary N) is 3. The van der Waals surface area contributed by atoms with Gasteiger partial charge in [-0.05, 0) is 39.0 Å². The summed E-state index contributed by atoms with van der Waals surface area (Å²) in [7, 11) is 1.61. The first-order valence-corrected chi connectivity index (χ1v) is 7.28. The maximum absolute atomic E-state index is 12.0. The number of carbonyl (C=O) groups excluding carboxylic acids is 2. The van der Waals surface area contributed by atoms with Crippen molar-refractivity contribution in [1.29, 1.82) is 0 Å². The van der Waals surface area contributed by atoms with E-state index in [4.69, 9.17) is 4.74 Å². The smallest absolute Gasteiger partial charge is 0.411 e.